The second-order valence-corrected chi connectivity index (χ2v) is 3.37. The average molecular weight is 202 g/mol. The minimum atomic E-state index is -2.49. The maximum atomic E-state index is 9.02. The van der Waals surface area contributed by atoms with Crippen LogP contribution in [0.5, 0.6) is 0 Å². The Bertz CT molecular complexity index is 207. The molecule has 2 N–H and O–H groups in total. The summed E-state index contributed by atoms with van der Waals surface area (Å²) in [5.41, 5.74) is 0.488. The van der Waals surface area contributed by atoms with E-state index in [0.717, 1.165) is 0 Å². The third-order valence-electron chi connectivity index (χ3n) is 1.22. The van der Waals surface area contributed by atoms with Crippen LogP contribution in [0.4, 0.5) is 0 Å². The fraction of sp³-hybridized carbons (Fsp3) is 0. The molecule has 0 fully saturated rings. The molecule has 0 aliphatic rings. The highest BCUT2D eigenvalue weighted by atomic mass is 79.9. The van der Waals surface area contributed by atoms with E-state index in [4.69, 9.17) is 10.0 Å². The smallest absolute Gasteiger partial charge is 0.331 e. The van der Waals surface area contributed by atoms with Gasteiger partial charge in [0.1, 0.15) is 0 Å². The Labute approximate surface area is 67.5 Å². The fourth-order valence-electron chi connectivity index (χ4n) is 0.698. The first-order valence-corrected chi connectivity index (χ1v) is 3.85. The average Bonchev–Trinajstić information content (AvgIpc) is 1.88. The minimum absolute atomic E-state index is 0.488. The molecule has 0 saturated heterocycles. The Balaban J connectivity index is 2.97. The van der Waals surface area contributed by atoms with E-state index in [9.17, 15) is 0 Å². The molecule has 0 heterocycles. The summed E-state index contributed by atoms with van der Waals surface area (Å²) in [5, 5.41) is 15.6. The summed E-state index contributed by atoms with van der Waals surface area (Å²) in [4.78, 5) is 0. The van der Waals surface area contributed by atoms with Crippen molar-refractivity contribution in [3.05, 3.63) is 30.3 Å². The van der Waals surface area contributed by atoms with E-state index in [-0.39, 0.29) is 0 Å². The molecule has 54 valence electrons. The highest BCUT2D eigenvalue weighted by Crippen LogP contribution is 2.02. The van der Waals surface area contributed by atoms with E-state index in [1.807, 2.05) is 6.07 Å². The Morgan fingerprint density at radius 3 is 1.90 bits per heavy atom. The van der Waals surface area contributed by atoms with E-state index >= 15 is 0 Å². The van der Waals surface area contributed by atoms with Gasteiger partial charge in [-0.15, -0.1) is 5.46 Å². The zero-order chi connectivity index (χ0) is 7.61. The molecule has 0 saturated carbocycles. The summed E-state index contributed by atoms with van der Waals surface area (Å²) in [6.45, 7) is 0. The van der Waals surface area contributed by atoms with E-state index in [0.29, 0.717) is 5.46 Å². The summed E-state index contributed by atoms with van der Waals surface area (Å²) in [7, 11) is 0. The van der Waals surface area contributed by atoms with E-state index < -0.39 is 5.38 Å². The van der Waals surface area contributed by atoms with Gasteiger partial charge in [-0.05, 0) is 0 Å². The molecule has 0 radical (unpaired) electrons. The van der Waals surface area contributed by atoms with Crippen LogP contribution < -0.4 is 5.46 Å². The summed E-state index contributed by atoms with van der Waals surface area (Å²) in [5.74, 6) is 0. The topological polar surface area (TPSA) is 40.5 Å². The van der Waals surface area contributed by atoms with Crippen molar-refractivity contribution in [3.8, 4) is 0 Å². The van der Waals surface area contributed by atoms with Crippen LogP contribution in [0.1, 0.15) is 0 Å². The number of halogens is 1. The molecular weight excluding hydrogens is 195 g/mol. The molecule has 1 rings (SSSR count). The van der Waals surface area contributed by atoms with Crippen molar-refractivity contribution in [2.24, 2.45) is 0 Å². The number of rotatable bonds is 1. The second-order valence-electron chi connectivity index (χ2n) is 2.09. The summed E-state index contributed by atoms with van der Waals surface area (Å²) < 4.78 is 0. The lowest BCUT2D eigenvalue weighted by molar-refractivity contribution is 0.417. The summed E-state index contributed by atoms with van der Waals surface area (Å²) in [6, 6.07) is 8.61. The van der Waals surface area contributed by atoms with Gasteiger partial charge in [0.15, 0.2) is 0 Å². The normalized spacial score (nSPS) is 11.5. The molecule has 0 atom stereocenters. The van der Waals surface area contributed by atoms with Gasteiger partial charge in [0.2, 0.25) is 0 Å². The van der Waals surface area contributed by atoms with Gasteiger partial charge in [0.25, 0.3) is 0 Å². The van der Waals surface area contributed by atoms with Gasteiger partial charge < -0.3 is 10.0 Å². The van der Waals surface area contributed by atoms with Crippen LogP contribution in [0, 0.1) is 0 Å². The van der Waals surface area contributed by atoms with E-state index in [1.165, 1.54) is 0 Å². The van der Waals surface area contributed by atoms with Crippen LogP contribution in [0.2, 0.25) is 0 Å². The molecule has 0 unspecified atom stereocenters. The Morgan fingerprint density at radius 1 is 1.10 bits per heavy atom. The first-order valence-electron chi connectivity index (χ1n) is 2.93. The first kappa shape index (κ1) is 7.79. The lowest BCUT2D eigenvalue weighted by Crippen LogP contribution is -2.41. The molecule has 2 nitrogen and oxygen atoms in total. The summed E-state index contributed by atoms with van der Waals surface area (Å²) >= 11 is 2.76. The van der Waals surface area contributed by atoms with Crippen molar-refractivity contribution < 1.29 is 10.0 Å². The van der Waals surface area contributed by atoms with Crippen LogP contribution in [-0.4, -0.2) is 15.4 Å². The van der Waals surface area contributed by atoms with E-state index in [2.05, 4.69) is 15.8 Å². The van der Waals surface area contributed by atoms with Crippen LogP contribution >= 0.6 is 15.8 Å². The molecule has 0 aromatic heterocycles. The monoisotopic (exact) mass is 201 g/mol. The molecule has 4 heteroatoms. The van der Waals surface area contributed by atoms with Gasteiger partial charge >= 0.3 is 5.38 Å². The van der Waals surface area contributed by atoms with Gasteiger partial charge in [0.05, 0.1) is 0 Å². The van der Waals surface area contributed by atoms with Crippen molar-refractivity contribution in [1.29, 1.82) is 0 Å². The molecule has 0 aliphatic heterocycles. The molecule has 1 aromatic carbocycles. The lowest BCUT2D eigenvalue weighted by Gasteiger charge is -2.20. The SMILES string of the molecule is O[B-](O)(Br)c1ccccc1. The van der Waals surface area contributed by atoms with Gasteiger partial charge in [-0.2, -0.15) is 0 Å². The molecule has 1 aromatic rings. The second kappa shape index (κ2) is 2.74. The maximum absolute atomic E-state index is 9.02. The first-order chi connectivity index (χ1) is 4.61. The Kier molecular flexibility index (Phi) is 2.13. The predicted octanol–water partition coefficient (Wildman–Crippen LogP) is 0.212. The zero-order valence-electron chi connectivity index (χ0n) is 5.24. The highest BCUT2D eigenvalue weighted by Gasteiger charge is 2.14. The van der Waals surface area contributed by atoms with Gasteiger partial charge in [0, 0.05) is 0 Å². The molecule has 0 bridgehead atoms. The minimum Gasteiger partial charge on any atom is -0.570 e. The van der Waals surface area contributed by atoms with Crippen LogP contribution in [0.3, 0.4) is 0 Å². The van der Waals surface area contributed by atoms with E-state index in [1.54, 1.807) is 24.3 Å². The van der Waals surface area contributed by atoms with Crippen LogP contribution in [0.15, 0.2) is 30.3 Å². The molecule has 0 spiro atoms. The Hall–Kier alpha value is -0.315. The van der Waals surface area contributed by atoms with Crippen molar-refractivity contribution >= 4 is 26.6 Å². The van der Waals surface area contributed by atoms with Crippen molar-refractivity contribution in [2.75, 3.05) is 0 Å². The standard InChI is InChI=1S/C6H7BBrO2/c8-7(9,10)6-4-2-1-3-5-6/h1-5,9-10H/q-1. The van der Waals surface area contributed by atoms with Gasteiger partial charge in [-0.25, -0.2) is 0 Å². The quantitative estimate of drug-likeness (QED) is 0.639. The number of benzene rings is 1. The van der Waals surface area contributed by atoms with Crippen molar-refractivity contribution in [2.45, 2.75) is 0 Å². The summed E-state index contributed by atoms with van der Waals surface area (Å²) in [6.07, 6.45) is 0. The maximum Gasteiger partial charge on any atom is 0.331 e. The van der Waals surface area contributed by atoms with Gasteiger partial charge in [-0.3, -0.25) is 15.8 Å². The molecular formula is C6H7BBrO2-. The number of hydrogen-bond donors (Lipinski definition) is 2. The van der Waals surface area contributed by atoms with Crippen LogP contribution in [-0.2, 0) is 0 Å². The third kappa shape index (κ3) is 1.83. The lowest BCUT2D eigenvalue weighted by atomic mass is 9.80. The third-order valence-corrected chi connectivity index (χ3v) is 1.75. The predicted molar refractivity (Wildman–Crippen MR) is 45.2 cm³/mol. The highest BCUT2D eigenvalue weighted by molar-refractivity contribution is 9.25. The zero-order valence-corrected chi connectivity index (χ0v) is 6.82. The van der Waals surface area contributed by atoms with Gasteiger partial charge in [-0.1, -0.05) is 30.3 Å². The van der Waals surface area contributed by atoms with Crippen molar-refractivity contribution in [3.63, 3.8) is 0 Å². The molecule has 0 aliphatic carbocycles. The van der Waals surface area contributed by atoms with Crippen LogP contribution in [0.25, 0.3) is 0 Å². The molecule has 10 heavy (non-hydrogen) atoms. The fourth-order valence-corrected chi connectivity index (χ4v) is 1.00. The largest absolute Gasteiger partial charge is 0.570 e. The number of hydrogen-bond acceptors (Lipinski definition) is 2. The molecule has 0 amide bonds. The van der Waals surface area contributed by atoms with Crippen molar-refractivity contribution in [1.82, 2.24) is 0 Å². The Morgan fingerprint density at radius 2 is 1.60 bits per heavy atom.